The second-order valence-corrected chi connectivity index (χ2v) is 4.11. The van der Waals surface area contributed by atoms with Crippen LogP contribution >= 0.6 is 0 Å². The van der Waals surface area contributed by atoms with E-state index < -0.39 is 17.6 Å². The Balaban J connectivity index is 2.32. The lowest BCUT2D eigenvalue weighted by molar-refractivity contribution is -0.139. The first-order valence-corrected chi connectivity index (χ1v) is 5.75. The lowest BCUT2D eigenvalue weighted by Gasteiger charge is -2.12. The summed E-state index contributed by atoms with van der Waals surface area (Å²) in [6.45, 7) is 0. The maximum Gasteiger partial charge on any atom is 0.419 e. The molecule has 0 unspecified atom stereocenters. The van der Waals surface area contributed by atoms with Gasteiger partial charge in [-0.1, -0.05) is 0 Å². The minimum atomic E-state index is -4.77. The highest BCUT2D eigenvalue weighted by molar-refractivity contribution is 5.61. The van der Waals surface area contributed by atoms with E-state index in [1.165, 1.54) is 25.3 Å². The first-order valence-electron chi connectivity index (χ1n) is 5.75. The van der Waals surface area contributed by atoms with Crippen molar-refractivity contribution in [1.29, 1.82) is 0 Å². The number of hydrogen-bond acceptors (Lipinski definition) is 4. The summed E-state index contributed by atoms with van der Waals surface area (Å²) in [7, 11) is 1.36. The highest BCUT2D eigenvalue weighted by Gasteiger charge is 2.34. The Hall–Kier alpha value is -2.51. The molecule has 0 bridgehead atoms. The first-order chi connectivity index (χ1) is 9.81. The van der Waals surface area contributed by atoms with Crippen LogP contribution in [0.4, 0.5) is 34.8 Å². The molecule has 0 fully saturated rings. The highest BCUT2D eigenvalue weighted by atomic mass is 19.4. The van der Waals surface area contributed by atoms with Crippen LogP contribution in [0, 0.1) is 5.82 Å². The average molecular weight is 301 g/mol. The Morgan fingerprint density at radius 1 is 1.19 bits per heavy atom. The van der Waals surface area contributed by atoms with Crippen LogP contribution in [0.3, 0.4) is 0 Å². The number of methoxy groups -OCH3 is 1. The highest BCUT2D eigenvalue weighted by Crippen LogP contribution is 2.33. The Bertz CT molecular complexity index is 658. The van der Waals surface area contributed by atoms with E-state index in [1.807, 2.05) is 0 Å². The van der Waals surface area contributed by atoms with E-state index in [4.69, 9.17) is 10.5 Å². The van der Waals surface area contributed by atoms with E-state index in [2.05, 4.69) is 10.3 Å². The zero-order valence-electron chi connectivity index (χ0n) is 10.8. The van der Waals surface area contributed by atoms with E-state index in [1.54, 1.807) is 0 Å². The van der Waals surface area contributed by atoms with Gasteiger partial charge in [-0.3, -0.25) is 0 Å². The molecule has 0 amide bonds. The average Bonchev–Trinajstić information content (AvgIpc) is 2.42. The summed E-state index contributed by atoms with van der Waals surface area (Å²) in [4.78, 5) is 3.97. The molecule has 0 spiro atoms. The largest absolute Gasteiger partial charge is 0.479 e. The van der Waals surface area contributed by atoms with Crippen molar-refractivity contribution in [3.05, 3.63) is 41.7 Å². The van der Waals surface area contributed by atoms with E-state index in [0.717, 1.165) is 6.07 Å². The van der Waals surface area contributed by atoms with Crippen molar-refractivity contribution in [1.82, 2.24) is 4.98 Å². The van der Waals surface area contributed by atoms with Crippen LogP contribution in [0.1, 0.15) is 5.56 Å². The fourth-order valence-electron chi connectivity index (χ4n) is 1.65. The number of anilines is 3. The zero-order valence-corrected chi connectivity index (χ0v) is 10.8. The maximum absolute atomic E-state index is 13.2. The third kappa shape index (κ3) is 3.33. The molecule has 1 aromatic heterocycles. The summed E-state index contributed by atoms with van der Waals surface area (Å²) < 4.78 is 55.9. The molecule has 2 aromatic rings. The number of nitrogens with one attached hydrogen (secondary N) is 1. The number of rotatable bonds is 3. The van der Waals surface area contributed by atoms with Gasteiger partial charge in [0.25, 0.3) is 0 Å². The normalized spacial score (nSPS) is 11.3. The van der Waals surface area contributed by atoms with Gasteiger partial charge in [0.2, 0.25) is 5.88 Å². The summed E-state index contributed by atoms with van der Waals surface area (Å²) in [5.74, 6) is -0.977. The minimum absolute atomic E-state index is 0.0445. The number of pyridine rings is 1. The van der Waals surface area contributed by atoms with Gasteiger partial charge in [-0.05, 0) is 30.3 Å². The third-order valence-corrected chi connectivity index (χ3v) is 2.63. The zero-order chi connectivity index (χ0) is 15.6. The summed E-state index contributed by atoms with van der Waals surface area (Å²) in [5.41, 5.74) is 4.56. The Morgan fingerprint density at radius 2 is 1.90 bits per heavy atom. The number of ether oxygens (including phenoxy) is 1. The quantitative estimate of drug-likeness (QED) is 0.851. The third-order valence-electron chi connectivity index (χ3n) is 2.63. The fourth-order valence-corrected chi connectivity index (χ4v) is 1.65. The molecule has 0 saturated carbocycles. The van der Waals surface area contributed by atoms with Gasteiger partial charge in [0.05, 0.1) is 18.4 Å². The number of nitrogens with two attached hydrogens (primary N) is 1. The molecular formula is C13H11F4N3O. The molecular weight excluding hydrogens is 290 g/mol. The Labute approximate surface area is 117 Å². The number of alkyl halides is 3. The van der Waals surface area contributed by atoms with Crippen molar-refractivity contribution < 1.29 is 22.3 Å². The van der Waals surface area contributed by atoms with E-state index in [9.17, 15) is 17.6 Å². The first kappa shape index (κ1) is 14.9. The van der Waals surface area contributed by atoms with Crippen molar-refractivity contribution in [3.8, 4) is 5.88 Å². The predicted octanol–water partition coefficient (Wildman–Crippen LogP) is 3.57. The number of hydrogen-bond donors (Lipinski definition) is 2. The van der Waals surface area contributed by atoms with Gasteiger partial charge in [0, 0.05) is 5.69 Å². The van der Waals surface area contributed by atoms with Gasteiger partial charge >= 0.3 is 6.18 Å². The molecule has 1 aromatic carbocycles. The van der Waals surface area contributed by atoms with Gasteiger partial charge in [0.15, 0.2) is 0 Å². The molecule has 0 aliphatic carbocycles. The van der Waals surface area contributed by atoms with Crippen molar-refractivity contribution >= 4 is 17.2 Å². The molecule has 0 atom stereocenters. The number of aromatic nitrogens is 1. The van der Waals surface area contributed by atoms with Gasteiger partial charge in [-0.25, -0.2) is 4.39 Å². The van der Waals surface area contributed by atoms with Crippen LogP contribution < -0.4 is 15.8 Å². The van der Waals surface area contributed by atoms with Crippen LogP contribution in [0.5, 0.6) is 5.88 Å². The minimum Gasteiger partial charge on any atom is -0.479 e. The van der Waals surface area contributed by atoms with Gasteiger partial charge in [-0.2, -0.15) is 18.2 Å². The number of nitrogen functional groups attached to an aromatic ring is 1. The smallest absolute Gasteiger partial charge is 0.419 e. The predicted molar refractivity (Wildman–Crippen MR) is 69.9 cm³/mol. The van der Waals surface area contributed by atoms with Gasteiger partial charge in [0.1, 0.15) is 11.6 Å². The molecule has 0 aliphatic heterocycles. The summed E-state index contributed by atoms with van der Waals surface area (Å²) in [6, 6.07) is 5.53. The number of halogens is 4. The van der Waals surface area contributed by atoms with Crippen LogP contribution in [-0.2, 0) is 6.18 Å². The molecule has 112 valence electrons. The van der Waals surface area contributed by atoms with Crippen molar-refractivity contribution in [2.24, 2.45) is 0 Å². The summed E-state index contributed by atoms with van der Waals surface area (Å²) in [6.07, 6.45) is -4.77. The monoisotopic (exact) mass is 301 g/mol. The van der Waals surface area contributed by atoms with Crippen LogP contribution in [0.25, 0.3) is 0 Å². The molecule has 21 heavy (non-hydrogen) atoms. The van der Waals surface area contributed by atoms with Crippen molar-refractivity contribution in [3.63, 3.8) is 0 Å². The second kappa shape index (κ2) is 5.47. The van der Waals surface area contributed by atoms with Crippen LogP contribution in [0.15, 0.2) is 30.3 Å². The molecule has 8 heteroatoms. The second-order valence-electron chi connectivity index (χ2n) is 4.11. The molecule has 1 heterocycles. The molecule has 0 aliphatic rings. The van der Waals surface area contributed by atoms with Crippen LogP contribution in [-0.4, -0.2) is 12.1 Å². The van der Waals surface area contributed by atoms with E-state index >= 15 is 0 Å². The topological polar surface area (TPSA) is 60.2 Å². The fraction of sp³-hybridized carbons (Fsp3) is 0.154. The van der Waals surface area contributed by atoms with Crippen molar-refractivity contribution in [2.45, 2.75) is 6.18 Å². The molecule has 0 saturated heterocycles. The Kier molecular flexibility index (Phi) is 3.88. The number of benzene rings is 1. The van der Waals surface area contributed by atoms with Crippen LogP contribution in [0.2, 0.25) is 0 Å². The van der Waals surface area contributed by atoms with E-state index in [0.29, 0.717) is 6.07 Å². The van der Waals surface area contributed by atoms with Gasteiger partial charge in [-0.15, -0.1) is 0 Å². The molecule has 0 radical (unpaired) electrons. The SMILES string of the molecule is COc1nc(Nc2ccc(F)c(C(F)(F)F)c2)ccc1N. The van der Waals surface area contributed by atoms with Gasteiger partial charge < -0.3 is 15.8 Å². The van der Waals surface area contributed by atoms with E-state index in [-0.39, 0.29) is 23.1 Å². The Morgan fingerprint density at radius 3 is 2.52 bits per heavy atom. The summed E-state index contributed by atoms with van der Waals surface area (Å²) in [5, 5.41) is 2.63. The molecule has 2 rings (SSSR count). The van der Waals surface area contributed by atoms with Crippen molar-refractivity contribution in [2.75, 3.05) is 18.2 Å². The summed E-state index contributed by atoms with van der Waals surface area (Å²) >= 11 is 0. The number of nitrogens with zero attached hydrogens (tertiary/aromatic N) is 1. The standard InChI is InChI=1S/C13H11F4N3O/c1-21-12-10(18)4-5-11(20-12)19-7-2-3-9(14)8(6-7)13(15,16)17/h2-6H,18H2,1H3,(H,19,20). The lowest BCUT2D eigenvalue weighted by Crippen LogP contribution is -2.09. The lowest BCUT2D eigenvalue weighted by atomic mass is 10.2. The molecule has 3 N–H and O–H groups in total. The molecule has 4 nitrogen and oxygen atoms in total. The maximum atomic E-state index is 13.2.